The number of thiazole rings is 1. The van der Waals surface area contributed by atoms with Gasteiger partial charge in [0.25, 0.3) is 7.41 Å². The molecular weight excluding hydrogens is 265 g/mol. The molecule has 1 aromatic rings. The summed E-state index contributed by atoms with van der Waals surface area (Å²) >= 11 is 1.23. The standard InChI is InChI=1S/C11H16BN3O3S/c1-3-4-18-13-8-5-15(12-7-16)6-9-10(8)19-11(17)14(9)2/h3,7-8,12-13H,1,4-6H2,2H3. The van der Waals surface area contributed by atoms with Crippen LogP contribution in [0.4, 0.5) is 0 Å². The van der Waals surface area contributed by atoms with Crippen molar-refractivity contribution in [2.75, 3.05) is 13.2 Å². The molecule has 0 bridgehead atoms. The Morgan fingerprint density at radius 3 is 3.16 bits per heavy atom. The smallest absolute Gasteiger partial charge is 0.307 e. The first-order valence-electron chi connectivity index (χ1n) is 6.00. The van der Waals surface area contributed by atoms with Crippen LogP contribution >= 0.6 is 11.3 Å². The summed E-state index contributed by atoms with van der Waals surface area (Å²) in [4.78, 5) is 30.7. The van der Waals surface area contributed by atoms with Gasteiger partial charge in [-0.25, -0.2) is 0 Å². The maximum atomic E-state index is 11.8. The second-order valence-electron chi connectivity index (χ2n) is 4.37. The molecule has 102 valence electrons. The third-order valence-corrected chi connectivity index (χ3v) is 4.24. The number of hydrogen-bond acceptors (Lipinski definition) is 6. The number of carbonyl (C=O) groups is 1. The molecule has 19 heavy (non-hydrogen) atoms. The minimum Gasteiger partial charge on any atom is -0.332 e. The van der Waals surface area contributed by atoms with Gasteiger partial charge < -0.3 is 14.2 Å². The van der Waals surface area contributed by atoms with Gasteiger partial charge in [0.1, 0.15) is 0 Å². The van der Waals surface area contributed by atoms with Crippen molar-refractivity contribution in [2.45, 2.75) is 12.6 Å². The minimum atomic E-state index is -0.0949. The lowest BCUT2D eigenvalue weighted by atomic mass is 9.90. The van der Waals surface area contributed by atoms with Crippen LogP contribution in [0.2, 0.25) is 0 Å². The van der Waals surface area contributed by atoms with Crippen LogP contribution in [0.3, 0.4) is 0 Å². The molecule has 0 spiro atoms. The van der Waals surface area contributed by atoms with Crippen LogP contribution in [-0.4, -0.2) is 36.1 Å². The van der Waals surface area contributed by atoms with E-state index in [0.29, 0.717) is 27.1 Å². The lowest BCUT2D eigenvalue weighted by Gasteiger charge is -2.31. The molecule has 1 aromatic heterocycles. The first-order chi connectivity index (χ1) is 9.17. The first-order valence-corrected chi connectivity index (χ1v) is 6.81. The van der Waals surface area contributed by atoms with Crippen molar-refractivity contribution in [1.82, 2.24) is 14.9 Å². The molecule has 0 saturated carbocycles. The zero-order valence-electron chi connectivity index (χ0n) is 10.8. The van der Waals surface area contributed by atoms with E-state index in [4.69, 9.17) is 4.84 Å². The van der Waals surface area contributed by atoms with Gasteiger partial charge >= 0.3 is 4.87 Å². The monoisotopic (exact) mass is 281 g/mol. The highest BCUT2D eigenvalue weighted by atomic mass is 32.1. The van der Waals surface area contributed by atoms with E-state index in [9.17, 15) is 9.59 Å². The van der Waals surface area contributed by atoms with Gasteiger partial charge in [0.05, 0.1) is 23.7 Å². The van der Waals surface area contributed by atoms with Crippen LogP contribution in [0.25, 0.3) is 0 Å². The van der Waals surface area contributed by atoms with Crippen molar-refractivity contribution >= 4 is 24.9 Å². The Labute approximate surface area is 115 Å². The first kappa shape index (κ1) is 14.2. The van der Waals surface area contributed by atoms with E-state index in [2.05, 4.69) is 12.1 Å². The van der Waals surface area contributed by atoms with E-state index >= 15 is 0 Å². The second kappa shape index (κ2) is 6.29. The molecule has 0 amide bonds. The van der Waals surface area contributed by atoms with Gasteiger partial charge in [0, 0.05) is 25.8 Å². The average molecular weight is 281 g/mol. The summed E-state index contributed by atoms with van der Waals surface area (Å²) in [6.45, 7) is 5.22. The summed E-state index contributed by atoms with van der Waals surface area (Å²) in [5.41, 5.74) is 3.88. The van der Waals surface area contributed by atoms with Crippen LogP contribution in [0.1, 0.15) is 16.6 Å². The normalized spacial score (nSPS) is 18.9. The van der Waals surface area contributed by atoms with Crippen molar-refractivity contribution < 1.29 is 9.63 Å². The van der Waals surface area contributed by atoms with E-state index in [0.717, 1.165) is 16.8 Å². The fourth-order valence-electron chi connectivity index (χ4n) is 2.11. The van der Waals surface area contributed by atoms with Gasteiger partial charge in [-0.15, -0.1) is 6.58 Å². The molecule has 1 aliphatic rings. The zero-order valence-corrected chi connectivity index (χ0v) is 11.6. The molecule has 1 unspecified atom stereocenters. The molecule has 0 saturated heterocycles. The molecule has 0 aliphatic carbocycles. The number of nitrogens with one attached hydrogen (secondary N) is 1. The molecule has 1 atom stereocenters. The Balaban J connectivity index is 2.22. The largest absolute Gasteiger partial charge is 0.332 e. The molecule has 2 rings (SSSR count). The van der Waals surface area contributed by atoms with Gasteiger partial charge in [0.15, 0.2) is 0 Å². The predicted octanol–water partition coefficient (Wildman–Crippen LogP) is -0.448. The van der Waals surface area contributed by atoms with Gasteiger partial charge in [-0.2, -0.15) is 5.48 Å². The van der Waals surface area contributed by atoms with E-state index in [1.165, 1.54) is 11.3 Å². The molecule has 0 fully saturated rings. The van der Waals surface area contributed by atoms with Crippen LogP contribution < -0.4 is 10.4 Å². The van der Waals surface area contributed by atoms with Crippen LogP contribution in [0.15, 0.2) is 17.4 Å². The lowest BCUT2D eigenvalue weighted by Crippen LogP contribution is -2.42. The van der Waals surface area contributed by atoms with Crippen molar-refractivity contribution in [1.29, 1.82) is 0 Å². The summed E-state index contributed by atoms with van der Waals surface area (Å²) in [5, 5.41) is 0. The third-order valence-electron chi connectivity index (χ3n) is 3.05. The highest BCUT2D eigenvalue weighted by Crippen LogP contribution is 2.28. The number of carbonyl (C=O) groups excluding carboxylic acids is 1. The van der Waals surface area contributed by atoms with E-state index < -0.39 is 0 Å². The molecule has 2 heterocycles. The van der Waals surface area contributed by atoms with Gasteiger partial charge in [-0.3, -0.25) is 9.63 Å². The molecule has 1 N–H and O–H groups in total. The van der Waals surface area contributed by atoms with E-state index in [1.807, 2.05) is 4.81 Å². The SMILES string of the molecule is C=CCONC1CN(BC=O)Cc2c1sc(=O)n2C. The number of hydroxylamine groups is 1. The maximum Gasteiger partial charge on any atom is 0.307 e. The average Bonchev–Trinajstić information content (AvgIpc) is 2.67. The highest BCUT2D eigenvalue weighted by Gasteiger charge is 2.29. The Morgan fingerprint density at radius 2 is 2.47 bits per heavy atom. The number of hydrogen-bond donors (Lipinski definition) is 1. The number of aromatic nitrogens is 1. The summed E-state index contributed by atoms with van der Waals surface area (Å²) in [7, 11) is 2.10. The van der Waals surface area contributed by atoms with Gasteiger partial charge in [-0.05, 0) is 0 Å². The van der Waals surface area contributed by atoms with Crippen LogP contribution in [-0.2, 0) is 23.2 Å². The van der Waals surface area contributed by atoms with Crippen LogP contribution in [0, 0.1) is 0 Å². The number of rotatable bonds is 6. The van der Waals surface area contributed by atoms with Crippen molar-refractivity contribution in [3.63, 3.8) is 0 Å². The summed E-state index contributed by atoms with van der Waals surface area (Å²) in [6.07, 6.45) is 2.52. The fraction of sp³-hybridized carbons (Fsp3) is 0.455. The Morgan fingerprint density at radius 1 is 1.68 bits per heavy atom. The molecular formula is C11H16BN3O3S. The third kappa shape index (κ3) is 3.03. The minimum absolute atomic E-state index is 0.00785. The Hall–Kier alpha value is -1.22. The van der Waals surface area contributed by atoms with E-state index in [-0.39, 0.29) is 10.9 Å². The van der Waals surface area contributed by atoms with Crippen molar-refractivity contribution in [3.05, 3.63) is 32.9 Å². The molecule has 8 heteroatoms. The quantitative estimate of drug-likeness (QED) is 0.252. The lowest BCUT2D eigenvalue weighted by molar-refractivity contribution is 0.0267. The molecule has 0 radical (unpaired) electrons. The summed E-state index contributed by atoms with van der Waals surface area (Å²) in [5.74, 6) is 0. The van der Waals surface area contributed by atoms with Gasteiger partial charge in [0.2, 0.25) is 0 Å². The number of nitrogens with zero attached hydrogens (tertiary/aromatic N) is 2. The molecule has 0 aromatic carbocycles. The Kier molecular flexibility index (Phi) is 4.70. The topological polar surface area (TPSA) is 63.6 Å². The van der Waals surface area contributed by atoms with E-state index in [1.54, 1.807) is 17.7 Å². The van der Waals surface area contributed by atoms with Crippen molar-refractivity contribution in [2.24, 2.45) is 7.05 Å². The number of fused-ring (bicyclic) bond motifs is 1. The maximum absolute atomic E-state index is 11.8. The van der Waals surface area contributed by atoms with Crippen LogP contribution in [0.5, 0.6) is 0 Å². The molecule has 1 aliphatic heterocycles. The fourth-order valence-corrected chi connectivity index (χ4v) is 3.13. The Bertz CT molecular complexity index is 528. The predicted molar refractivity (Wildman–Crippen MR) is 75.9 cm³/mol. The second-order valence-corrected chi connectivity index (χ2v) is 5.36. The van der Waals surface area contributed by atoms with Gasteiger partial charge in [-0.1, -0.05) is 17.4 Å². The molecule has 6 nitrogen and oxygen atoms in total. The summed E-state index contributed by atoms with van der Waals surface area (Å²) in [6, 6.07) is -0.0949. The summed E-state index contributed by atoms with van der Waals surface area (Å²) < 4.78 is 1.64. The van der Waals surface area contributed by atoms with Crippen molar-refractivity contribution in [3.8, 4) is 0 Å². The highest BCUT2D eigenvalue weighted by molar-refractivity contribution is 7.09. The zero-order chi connectivity index (χ0) is 13.8.